The van der Waals surface area contributed by atoms with Gasteiger partial charge in [0.05, 0.1) is 13.2 Å². The molecule has 26 heavy (non-hydrogen) atoms. The van der Waals surface area contributed by atoms with Crippen molar-refractivity contribution in [3.63, 3.8) is 0 Å². The van der Waals surface area contributed by atoms with E-state index in [2.05, 4.69) is 12.1 Å². The van der Waals surface area contributed by atoms with Crippen LogP contribution >= 0.6 is 0 Å². The summed E-state index contributed by atoms with van der Waals surface area (Å²) in [6.45, 7) is 3.64. The van der Waals surface area contributed by atoms with E-state index in [1.54, 1.807) is 11.0 Å². The van der Waals surface area contributed by atoms with Gasteiger partial charge in [0, 0.05) is 36.9 Å². The van der Waals surface area contributed by atoms with Crippen molar-refractivity contribution >= 4 is 5.91 Å². The van der Waals surface area contributed by atoms with E-state index in [1.165, 1.54) is 0 Å². The maximum atomic E-state index is 12.9. The van der Waals surface area contributed by atoms with Gasteiger partial charge in [-0.25, -0.2) is 0 Å². The highest BCUT2D eigenvalue weighted by atomic mass is 16.5. The van der Waals surface area contributed by atoms with Gasteiger partial charge in [0.1, 0.15) is 11.5 Å². The molecule has 1 fully saturated rings. The summed E-state index contributed by atoms with van der Waals surface area (Å²) in [6.07, 6.45) is 2.42. The number of rotatable bonds is 4. The molecule has 2 aromatic rings. The summed E-state index contributed by atoms with van der Waals surface area (Å²) >= 11 is 0. The molecule has 138 valence electrons. The quantitative estimate of drug-likeness (QED) is 0.910. The molecule has 0 saturated carbocycles. The zero-order valence-corrected chi connectivity index (χ0v) is 15.0. The van der Waals surface area contributed by atoms with Crippen LogP contribution in [0.4, 0.5) is 0 Å². The van der Waals surface area contributed by atoms with Crippen LogP contribution in [0, 0.1) is 11.3 Å². The molecule has 2 atom stereocenters. The molecule has 3 heterocycles. The van der Waals surface area contributed by atoms with Crippen LogP contribution in [-0.2, 0) is 12.8 Å². The number of aliphatic hydroxyl groups is 1. The lowest BCUT2D eigenvalue weighted by molar-refractivity contribution is 0.0688. The largest absolute Gasteiger partial charge is 0.493 e. The van der Waals surface area contributed by atoms with Gasteiger partial charge in [0.25, 0.3) is 5.91 Å². The second kappa shape index (κ2) is 6.76. The monoisotopic (exact) mass is 356 g/mol. The van der Waals surface area contributed by atoms with E-state index >= 15 is 0 Å². The number of hydrogen-bond donors (Lipinski definition) is 1. The van der Waals surface area contributed by atoms with Gasteiger partial charge in [-0.2, -0.15) is 0 Å². The Balaban J connectivity index is 1.56. The summed E-state index contributed by atoms with van der Waals surface area (Å²) in [5.74, 6) is 1.57. The minimum atomic E-state index is -0.377. The molecule has 1 amide bonds. The van der Waals surface area contributed by atoms with Crippen LogP contribution < -0.4 is 4.74 Å². The molecule has 0 aliphatic carbocycles. The summed E-state index contributed by atoms with van der Waals surface area (Å²) in [4.78, 5) is 14.7. The minimum absolute atomic E-state index is 0.0268. The average Bonchev–Trinajstić information content (AvgIpc) is 3.23. The highest BCUT2D eigenvalue weighted by Crippen LogP contribution is 2.43. The van der Waals surface area contributed by atoms with Gasteiger partial charge in [-0.05, 0) is 24.5 Å². The molecule has 6 nitrogen and oxygen atoms in total. The van der Waals surface area contributed by atoms with Crippen LogP contribution in [0.2, 0.25) is 0 Å². The number of ether oxygens (including phenoxy) is 1. The molecule has 1 saturated heterocycles. The predicted octanol–water partition coefficient (Wildman–Crippen LogP) is 2.31. The molecule has 0 radical (unpaired) electrons. The summed E-state index contributed by atoms with van der Waals surface area (Å²) in [5, 5.41) is 14.2. The highest BCUT2D eigenvalue weighted by molar-refractivity contribution is 5.92. The molecule has 2 aliphatic rings. The normalized spacial score (nSPS) is 24.5. The topological polar surface area (TPSA) is 75.8 Å². The van der Waals surface area contributed by atoms with Gasteiger partial charge < -0.3 is 19.3 Å². The number of amides is 1. The number of aliphatic hydroxyl groups excluding tert-OH is 1. The van der Waals surface area contributed by atoms with Crippen molar-refractivity contribution in [3.8, 4) is 5.75 Å². The number of fused-ring (bicyclic) bond motifs is 2. The first-order valence-electron chi connectivity index (χ1n) is 9.21. The van der Waals surface area contributed by atoms with E-state index in [9.17, 15) is 9.90 Å². The maximum absolute atomic E-state index is 12.9. The Morgan fingerprint density at radius 3 is 3.08 bits per heavy atom. The zero-order valence-electron chi connectivity index (χ0n) is 15.0. The Kier molecular flexibility index (Phi) is 4.44. The van der Waals surface area contributed by atoms with E-state index in [4.69, 9.17) is 9.26 Å². The fourth-order valence-corrected chi connectivity index (χ4v) is 4.15. The fraction of sp³-hybridized carbons (Fsp3) is 0.500. The second-order valence-electron chi connectivity index (χ2n) is 7.43. The van der Waals surface area contributed by atoms with E-state index in [0.717, 1.165) is 29.9 Å². The van der Waals surface area contributed by atoms with Crippen molar-refractivity contribution < 1.29 is 19.2 Å². The summed E-state index contributed by atoms with van der Waals surface area (Å²) in [6, 6.07) is 9.68. The number of likely N-dealkylation sites (tertiary alicyclic amines) is 1. The number of hydrogen-bond acceptors (Lipinski definition) is 5. The molecule has 0 unspecified atom stereocenters. The lowest BCUT2D eigenvalue weighted by Gasteiger charge is -2.30. The molecule has 1 aromatic heterocycles. The van der Waals surface area contributed by atoms with Crippen molar-refractivity contribution in [2.75, 3.05) is 26.3 Å². The van der Waals surface area contributed by atoms with Gasteiger partial charge in [-0.1, -0.05) is 30.3 Å². The van der Waals surface area contributed by atoms with Gasteiger partial charge in [0.2, 0.25) is 0 Å². The van der Waals surface area contributed by atoms with Crippen molar-refractivity contribution in [3.05, 3.63) is 47.3 Å². The van der Waals surface area contributed by atoms with Gasteiger partial charge in [-0.15, -0.1) is 0 Å². The molecular formula is C20H24N2O4. The third kappa shape index (κ3) is 2.88. The number of benzene rings is 1. The van der Waals surface area contributed by atoms with Crippen LogP contribution in [0.3, 0.4) is 0 Å². The van der Waals surface area contributed by atoms with Gasteiger partial charge in [-0.3, -0.25) is 4.79 Å². The average molecular weight is 356 g/mol. The molecule has 4 rings (SSSR count). The number of carbonyl (C=O) groups excluding carboxylic acids is 1. The van der Waals surface area contributed by atoms with Crippen LogP contribution in [0.5, 0.6) is 5.75 Å². The van der Waals surface area contributed by atoms with Gasteiger partial charge in [0.15, 0.2) is 5.69 Å². The van der Waals surface area contributed by atoms with E-state index in [0.29, 0.717) is 31.8 Å². The predicted molar refractivity (Wildman–Crippen MR) is 95.1 cm³/mol. The van der Waals surface area contributed by atoms with Crippen molar-refractivity contribution in [1.29, 1.82) is 0 Å². The lowest BCUT2D eigenvalue weighted by Crippen LogP contribution is -2.38. The highest BCUT2D eigenvalue weighted by Gasteiger charge is 2.49. The van der Waals surface area contributed by atoms with E-state index < -0.39 is 0 Å². The van der Waals surface area contributed by atoms with E-state index in [-0.39, 0.29) is 23.8 Å². The standard InChI is InChI=1S/C20H24N2O4/c1-2-5-16-8-17(21-26-16)19(24)22-10-15-11-25-18-7-4-3-6-14(18)9-20(15,12-22)13-23/h3-4,6-8,15,23H,2,5,9-13H2,1H3/t15-,20-/m1/s1. The van der Waals surface area contributed by atoms with Crippen LogP contribution in [-0.4, -0.2) is 47.4 Å². The maximum Gasteiger partial charge on any atom is 0.276 e. The van der Waals surface area contributed by atoms with E-state index in [1.807, 2.05) is 24.3 Å². The van der Waals surface area contributed by atoms with Crippen molar-refractivity contribution in [2.24, 2.45) is 11.3 Å². The second-order valence-corrected chi connectivity index (χ2v) is 7.43. The first-order chi connectivity index (χ1) is 12.6. The Morgan fingerprint density at radius 1 is 1.42 bits per heavy atom. The molecule has 1 aromatic carbocycles. The lowest BCUT2D eigenvalue weighted by atomic mass is 9.75. The number of nitrogens with zero attached hydrogens (tertiary/aromatic N) is 2. The molecule has 2 aliphatic heterocycles. The fourth-order valence-electron chi connectivity index (χ4n) is 4.15. The number of para-hydroxylation sites is 1. The van der Waals surface area contributed by atoms with Crippen LogP contribution in [0.15, 0.2) is 34.9 Å². The number of aromatic nitrogens is 1. The molecule has 0 bridgehead atoms. The van der Waals surface area contributed by atoms with Gasteiger partial charge >= 0.3 is 0 Å². The smallest absolute Gasteiger partial charge is 0.276 e. The van der Waals surface area contributed by atoms with Crippen molar-refractivity contribution in [1.82, 2.24) is 10.1 Å². The number of aryl methyl sites for hydroxylation is 1. The first kappa shape index (κ1) is 17.1. The summed E-state index contributed by atoms with van der Waals surface area (Å²) in [5.41, 5.74) is 1.06. The zero-order chi connectivity index (χ0) is 18.1. The first-order valence-corrected chi connectivity index (χ1v) is 9.21. The summed E-state index contributed by atoms with van der Waals surface area (Å²) in [7, 11) is 0. The minimum Gasteiger partial charge on any atom is -0.493 e. The van der Waals surface area contributed by atoms with Crippen LogP contribution in [0.1, 0.15) is 35.2 Å². The molecule has 0 spiro atoms. The Labute approximate surface area is 152 Å². The molecular weight excluding hydrogens is 332 g/mol. The Bertz CT molecular complexity index is 803. The molecule has 6 heteroatoms. The third-order valence-electron chi connectivity index (χ3n) is 5.64. The third-order valence-corrected chi connectivity index (χ3v) is 5.64. The number of carbonyl (C=O) groups is 1. The molecule has 1 N–H and O–H groups in total. The van der Waals surface area contributed by atoms with Crippen LogP contribution in [0.25, 0.3) is 0 Å². The Hall–Kier alpha value is -2.34. The van der Waals surface area contributed by atoms with Crippen molar-refractivity contribution in [2.45, 2.75) is 26.2 Å². The summed E-state index contributed by atoms with van der Waals surface area (Å²) < 4.78 is 11.2. The SMILES string of the molecule is CCCc1cc(C(=O)N2C[C@@H]3COc4ccccc4C[C@]3(CO)C2)no1. The Morgan fingerprint density at radius 2 is 2.27 bits per heavy atom.